The van der Waals surface area contributed by atoms with Crippen molar-refractivity contribution in [3.63, 3.8) is 0 Å². The van der Waals surface area contributed by atoms with Crippen LogP contribution in [-0.2, 0) is 4.79 Å². The molecule has 6 unspecified atom stereocenters. The zero-order valence-corrected chi connectivity index (χ0v) is 33.2. The minimum absolute atomic E-state index is 0.0206. The van der Waals surface area contributed by atoms with Crippen LogP contribution in [0.3, 0.4) is 0 Å². The van der Waals surface area contributed by atoms with Gasteiger partial charge in [0.1, 0.15) is 17.8 Å². The molecule has 1 amide bonds. The number of hydrogen-bond donors (Lipinski definition) is 0. The van der Waals surface area contributed by atoms with Crippen molar-refractivity contribution < 1.29 is 13.6 Å². The van der Waals surface area contributed by atoms with Gasteiger partial charge in [-0.25, -0.2) is 13.8 Å². The molecule has 11 heteroatoms. The van der Waals surface area contributed by atoms with Gasteiger partial charge in [0.15, 0.2) is 0 Å². The predicted octanol–water partition coefficient (Wildman–Crippen LogP) is 8.17. The van der Waals surface area contributed by atoms with Crippen molar-refractivity contribution >= 4 is 33.2 Å². The molecular weight excluding hydrogens is 651 g/mol. The van der Waals surface area contributed by atoms with Crippen LogP contribution in [0, 0.1) is 17.8 Å². The summed E-state index contributed by atoms with van der Waals surface area (Å²) >= 11 is 0. The van der Waals surface area contributed by atoms with E-state index in [1.54, 1.807) is 4.90 Å². The standard InChI is InChI=1S/C36H51F2N7O.C2H6.CH5P/c1-9-16-42(8)40-20-25(6)29-15-13-14-27(18-29)19-33-39-21-30-34(44(33)22-28(11-3)31(38)17-26(7)37)45-23-32(24(5)10-2)41-36(45)43(12-4)35(30)46;2*1-2/h11,13-15,17,20,24,29-30,32,34H,3,6,9-10,12,16,18-19,21-23H2,1-2,4-5,7-8H3;1-2H3;2H2,1H3/b26-17+,31-28-,40-20-;;. The highest BCUT2D eigenvalue weighted by Crippen LogP contribution is 2.37. The Balaban J connectivity index is 0.00000209. The second-order valence-electron chi connectivity index (χ2n) is 12.7. The Morgan fingerprint density at radius 1 is 1.24 bits per heavy atom. The summed E-state index contributed by atoms with van der Waals surface area (Å²) in [5, 5.41) is 6.44. The number of hydrazone groups is 1. The maximum atomic E-state index is 15.3. The van der Waals surface area contributed by atoms with Gasteiger partial charge in [-0.1, -0.05) is 90.7 Å². The number of fused-ring (bicyclic) bond motifs is 3. The van der Waals surface area contributed by atoms with Crippen molar-refractivity contribution in [2.45, 2.75) is 86.4 Å². The zero-order valence-electron chi connectivity index (χ0n) is 32.0. The monoisotopic (exact) mass is 713 g/mol. The van der Waals surface area contributed by atoms with Crippen LogP contribution >= 0.6 is 9.24 Å². The second kappa shape index (κ2) is 21.1. The van der Waals surface area contributed by atoms with E-state index in [-0.39, 0.29) is 30.0 Å². The number of aliphatic imine (C=N–C) groups is 2. The second-order valence-corrected chi connectivity index (χ2v) is 12.7. The first-order chi connectivity index (χ1) is 24.0. The van der Waals surface area contributed by atoms with Gasteiger partial charge in [-0.15, -0.1) is 9.24 Å². The third kappa shape index (κ3) is 10.6. The fourth-order valence-electron chi connectivity index (χ4n) is 6.54. The Kier molecular flexibility index (Phi) is 18.0. The molecule has 4 aliphatic rings. The van der Waals surface area contributed by atoms with Gasteiger partial charge in [-0.05, 0) is 38.2 Å². The van der Waals surface area contributed by atoms with Gasteiger partial charge in [0, 0.05) is 57.2 Å². The lowest BCUT2D eigenvalue weighted by Crippen LogP contribution is -2.69. The van der Waals surface area contributed by atoms with E-state index in [4.69, 9.17) is 9.98 Å². The molecule has 0 aromatic carbocycles. The lowest BCUT2D eigenvalue weighted by Gasteiger charge is -2.52. The largest absolute Gasteiger partial charge is 0.334 e. The molecule has 0 bridgehead atoms. The van der Waals surface area contributed by atoms with Crippen LogP contribution < -0.4 is 0 Å². The Hall–Kier alpha value is -3.39. The fourth-order valence-corrected chi connectivity index (χ4v) is 6.54. The van der Waals surface area contributed by atoms with Gasteiger partial charge in [-0.2, -0.15) is 5.10 Å². The quantitative estimate of drug-likeness (QED) is 0.0789. The van der Waals surface area contributed by atoms with Crippen molar-refractivity contribution in [3.05, 3.63) is 71.9 Å². The normalized spacial score (nSPS) is 24.1. The van der Waals surface area contributed by atoms with E-state index >= 15 is 4.39 Å². The number of carbonyl (C=O) groups is 1. The molecule has 0 spiro atoms. The minimum atomic E-state index is -0.690. The smallest absolute Gasteiger partial charge is 0.238 e. The maximum Gasteiger partial charge on any atom is 0.238 e. The Morgan fingerprint density at radius 2 is 1.94 bits per heavy atom. The van der Waals surface area contributed by atoms with E-state index in [2.05, 4.69) is 65.3 Å². The summed E-state index contributed by atoms with van der Waals surface area (Å²) in [6.07, 6.45) is 13.3. The van der Waals surface area contributed by atoms with Crippen LogP contribution in [0.25, 0.3) is 0 Å². The van der Waals surface area contributed by atoms with Gasteiger partial charge >= 0.3 is 0 Å². The van der Waals surface area contributed by atoms with Crippen LogP contribution in [-0.4, -0.2) is 102 Å². The molecule has 1 saturated heterocycles. The van der Waals surface area contributed by atoms with E-state index in [1.165, 1.54) is 13.0 Å². The number of amides is 1. The Labute approximate surface area is 303 Å². The molecular formula is C39H62F2N7OP. The first-order valence-electron chi connectivity index (χ1n) is 18.2. The fraction of sp³-hybridized carbons (Fsp3) is 0.590. The summed E-state index contributed by atoms with van der Waals surface area (Å²) < 4.78 is 29.1. The topological polar surface area (TPSA) is 67.1 Å². The van der Waals surface area contributed by atoms with Crippen molar-refractivity contribution in [1.29, 1.82) is 0 Å². The first kappa shape index (κ1) is 42.8. The van der Waals surface area contributed by atoms with E-state index < -0.39 is 23.7 Å². The predicted molar refractivity (Wildman–Crippen MR) is 212 cm³/mol. The van der Waals surface area contributed by atoms with E-state index in [0.717, 1.165) is 48.9 Å². The molecule has 0 radical (unpaired) electrons. The number of allylic oxidation sites excluding steroid dienone is 7. The van der Waals surface area contributed by atoms with Crippen molar-refractivity contribution in [2.75, 3.05) is 46.4 Å². The summed E-state index contributed by atoms with van der Waals surface area (Å²) in [6.45, 7) is 26.2. The van der Waals surface area contributed by atoms with Crippen molar-refractivity contribution in [1.82, 2.24) is 19.7 Å². The minimum Gasteiger partial charge on any atom is -0.334 e. The highest BCUT2D eigenvalue weighted by Gasteiger charge is 2.52. The molecule has 0 N–H and O–H groups in total. The number of halogens is 2. The lowest BCUT2D eigenvalue weighted by molar-refractivity contribution is -0.139. The number of carbonyl (C=O) groups excluding carboxylic acids is 1. The molecule has 3 aliphatic heterocycles. The van der Waals surface area contributed by atoms with Crippen LogP contribution in [0.5, 0.6) is 0 Å². The highest BCUT2D eigenvalue weighted by molar-refractivity contribution is 7.15. The summed E-state index contributed by atoms with van der Waals surface area (Å²) in [6, 6.07) is 0.0454. The van der Waals surface area contributed by atoms with Crippen LogP contribution in [0.15, 0.2) is 87.0 Å². The molecule has 8 nitrogen and oxygen atoms in total. The van der Waals surface area contributed by atoms with Crippen molar-refractivity contribution in [2.24, 2.45) is 32.8 Å². The molecule has 4 rings (SSSR count). The summed E-state index contributed by atoms with van der Waals surface area (Å²) in [5.74, 6) is 0.0787. The average Bonchev–Trinajstić information content (AvgIpc) is 3.56. The molecule has 6 atom stereocenters. The highest BCUT2D eigenvalue weighted by atomic mass is 31.0. The molecule has 1 aliphatic carbocycles. The first-order valence-corrected chi connectivity index (χ1v) is 19.4. The molecule has 0 aromatic heterocycles. The third-order valence-electron chi connectivity index (χ3n) is 9.37. The number of nitrogens with zero attached hydrogens (tertiary/aromatic N) is 7. The Morgan fingerprint density at radius 3 is 2.54 bits per heavy atom. The number of amidine groups is 1. The van der Waals surface area contributed by atoms with E-state index in [1.807, 2.05) is 56.7 Å². The summed E-state index contributed by atoms with van der Waals surface area (Å²) in [4.78, 5) is 30.0. The van der Waals surface area contributed by atoms with Gasteiger partial charge < -0.3 is 14.8 Å². The van der Waals surface area contributed by atoms with Gasteiger partial charge in [0.25, 0.3) is 0 Å². The molecule has 1 fully saturated rings. The number of rotatable bonds is 14. The zero-order chi connectivity index (χ0) is 37.5. The SMILES string of the molecule is C=C/C(CN1C(CC2=CC=CC(C(=C)/C=N\N(C)CCC)C2)=NCC2C(=O)N(CC)C3=NC(C(C)CC)CN3C21)=C(F)\C=C(/C)F.CC.CP. The Bertz CT molecular complexity index is 1390. The number of guanidine groups is 1. The van der Waals surface area contributed by atoms with Gasteiger partial charge in [0.2, 0.25) is 11.9 Å². The summed E-state index contributed by atoms with van der Waals surface area (Å²) in [7, 11) is 4.37. The van der Waals surface area contributed by atoms with Crippen LogP contribution in [0.2, 0.25) is 0 Å². The lowest BCUT2D eigenvalue weighted by atomic mass is 9.87. The van der Waals surface area contributed by atoms with Crippen LogP contribution in [0.1, 0.15) is 74.1 Å². The van der Waals surface area contributed by atoms with E-state index in [9.17, 15) is 9.18 Å². The molecule has 0 saturated carbocycles. The average molecular weight is 714 g/mol. The van der Waals surface area contributed by atoms with Gasteiger partial charge in [-0.3, -0.25) is 14.7 Å². The molecule has 50 heavy (non-hydrogen) atoms. The number of hydrogen-bond acceptors (Lipinski definition) is 7. The molecule has 3 heterocycles. The van der Waals surface area contributed by atoms with E-state index in [0.29, 0.717) is 37.9 Å². The maximum absolute atomic E-state index is 15.3. The summed E-state index contributed by atoms with van der Waals surface area (Å²) in [5.41, 5.74) is 2.31. The van der Waals surface area contributed by atoms with Crippen LogP contribution in [0.4, 0.5) is 8.78 Å². The van der Waals surface area contributed by atoms with Gasteiger partial charge in [0.05, 0.1) is 30.5 Å². The third-order valence-corrected chi connectivity index (χ3v) is 9.37. The molecule has 0 aromatic rings. The molecule has 278 valence electrons. The van der Waals surface area contributed by atoms with Crippen molar-refractivity contribution in [3.8, 4) is 0 Å².